The fourth-order valence-electron chi connectivity index (χ4n) is 3.10. The molecular weight excluding hydrogens is 304 g/mol. The van der Waals surface area contributed by atoms with Crippen LogP contribution in [0.5, 0.6) is 5.75 Å². The van der Waals surface area contributed by atoms with E-state index >= 15 is 0 Å². The molecule has 0 radical (unpaired) electrons. The maximum Gasteiger partial charge on any atom is 0.341 e. The second-order valence-electron chi connectivity index (χ2n) is 5.87. The van der Waals surface area contributed by atoms with Gasteiger partial charge in [0.25, 0.3) is 5.91 Å². The third-order valence-corrected chi connectivity index (χ3v) is 4.41. The normalized spacial score (nSPS) is 18.8. The number of aromatic carboxylic acids is 1. The first-order valence-electron chi connectivity index (χ1n) is 7.55. The Bertz CT molecular complexity index is 705. The summed E-state index contributed by atoms with van der Waals surface area (Å²) in [6.07, 6.45) is 2.88. The smallest absolute Gasteiger partial charge is 0.341 e. The minimum absolute atomic E-state index is 0.127. The first kappa shape index (κ1) is 15.5. The van der Waals surface area contributed by atoms with Gasteiger partial charge in [-0.2, -0.15) is 0 Å². The molecule has 124 valence electrons. The molecule has 8 nitrogen and oxygen atoms in total. The van der Waals surface area contributed by atoms with Crippen molar-refractivity contribution < 1.29 is 24.5 Å². The topological polar surface area (TPSA) is 109 Å². The number of carbonyl (C=O) groups is 2. The predicted octanol–water partition coefficient (Wildman–Crippen LogP) is 0.134. The number of carbonyl (C=O) groups excluding carboxylic acids is 1. The van der Waals surface area contributed by atoms with Gasteiger partial charge < -0.3 is 24.4 Å². The Kier molecular flexibility index (Phi) is 4.08. The summed E-state index contributed by atoms with van der Waals surface area (Å²) < 4.78 is 6.65. The molecule has 0 spiro atoms. The fraction of sp³-hybridized carbons (Fsp3) is 0.533. The Morgan fingerprint density at radius 1 is 1.26 bits per heavy atom. The lowest BCUT2D eigenvalue weighted by Gasteiger charge is -2.34. The van der Waals surface area contributed by atoms with E-state index in [2.05, 4.69) is 0 Å². The van der Waals surface area contributed by atoms with Crippen molar-refractivity contribution in [2.45, 2.75) is 19.4 Å². The Balaban J connectivity index is 1.89. The molecule has 1 amide bonds. The van der Waals surface area contributed by atoms with Gasteiger partial charge in [0.2, 0.25) is 5.43 Å². The average molecular weight is 322 g/mol. The lowest BCUT2D eigenvalue weighted by Crippen LogP contribution is -2.45. The molecule has 0 aliphatic carbocycles. The van der Waals surface area contributed by atoms with Crippen LogP contribution in [-0.4, -0.2) is 57.9 Å². The van der Waals surface area contributed by atoms with Gasteiger partial charge >= 0.3 is 5.97 Å². The number of amides is 1. The maximum atomic E-state index is 12.6. The third-order valence-electron chi connectivity index (χ3n) is 4.41. The number of rotatable bonds is 3. The van der Waals surface area contributed by atoms with Crippen molar-refractivity contribution >= 4 is 11.9 Å². The second kappa shape index (κ2) is 6.04. The van der Waals surface area contributed by atoms with E-state index < -0.39 is 28.6 Å². The summed E-state index contributed by atoms with van der Waals surface area (Å²) >= 11 is 0. The van der Waals surface area contributed by atoms with E-state index in [1.54, 1.807) is 4.90 Å². The third kappa shape index (κ3) is 2.81. The molecule has 23 heavy (non-hydrogen) atoms. The molecule has 0 bridgehead atoms. The minimum atomic E-state index is -1.42. The molecule has 0 aromatic carbocycles. The van der Waals surface area contributed by atoms with Crippen LogP contribution in [-0.2, 0) is 11.3 Å². The number of carboxylic acid groups (broad SMARTS) is 1. The van der Waals surface area contributed by atoms with Crippen molar-refractivity contribution in [3.05, 3.63) is 27.7 Å². The number of hydrogen-bond acceptors (Lipinski definition) is 5. The molecule has 0 saturated carbocycles. The molecule has 1 fully saturated rings. The van der Waals surface area contributed by atoms with E-state index in [4.69, 9.17) is 9.84 Å². The summed E-state index contributed by atoms with van der Waals surface area (Å²) in [5.41, 5.74) is -1.68. The molecule has 1 saturated heterocycles. The van der Waals surface area contributed by atoms with Crippen LogP contribution in [0.25, 0.3) is 0 Å². The van der Waals surface area contributed by atoms with E-state index in [9.17, 15) is 19.5 Å². The summed E-state index contributed by atoms with van der Waals surface area (Å²) in [5.74, 6) is -2.30. The number of aromatic nitrogens is 1. The summed E-state index contributed by atoms with van der Waals surface area (Å²) in [4.78, 5) is 37.1. The zero-order valence-electron chi connectivity index (χ0n) is 12.5. The molecule has 2 aliphatic heterocycles. The maximum absolute atomic E-state index is 12.6. The molecule has 1 aromatic rings. The average Bonchev–Trinajstić information content (AvgIpc) is 2.54. The van der Waals surface area contributed by atoms with Gasteiger partial charge in [-0.05, 0) is 18.8 Å². The van der Waals surface area contributed by atoms with Gasteiger partial charge in [-0.3, -0.25) is 9.59 Å². The fourth-order valence-corrected chi connectivity index (χ4v) is 3.10. The van der Waals surface area contributed by atoms with Crippen LogP contribution in [0, 0.1) is 5.92 Å². The molecule has 3 heterocycles. The molecule has 3 rings (SSSR count). The number of ether oxygens (including phenoxy) is 1. The highest BCUT2D eigenvalue weighted by Crippen LogP contribution is 2.23. The lowest BCUT2D eigenvalue weighted by molar-refractivity contribution is 0.0421. The van der Waals surface area contributed by atoms with Gasteiger partial charge in [-0.1, -0.05) is 0 Å². The highest BCUT2D eigenvalue weighted by atomic mass is 16.5. The Hall–Kier alpha value is -2.35. The quantitative estimate of drug-likeness (QED) is 0.819. The number of fused-ring (bicyclic) bond motifs is 1. The first-order chi connectivity index (χ1) is 11.0. The van der Waals surface area contributed by atoms with Crippen molar-refractivity contribution in [2.75, 3.05) is 26.3 Å². The molecule has 2 N–H and O–H groups in total. The Labute approximate surface area is 131 Å². The molecule has 2 aliphatic rings. The Morgan fingerprint density at radius 3 is 2.61 bits per heavy atom. The number of carboxylic acids is 1. The van der Waals surface area contributed by atoms with Gasteiger partial charge in [0.05, 0.1) is 0 Å². The molecular formula is C15H18N2O6. The second-order valence-corrected chi connectivity index (χ2v) is 5.87. The standard InChI is InChI=1S/C15H18N2O6/c18-12-10(15(21)22)8-16-3-4-17(14(20)11(16)13(12)19)7-9-1-5-23-6-2-9/h8-9,19H,1-7H2,(H,21,22). The number of hydrogen-bond donors (Lipinski definition) is 2. The van der Waals surface area contributed by atoms with Crippen molar-refractivity contribution in [3.8, 4) is 5.75 Å². The van der Waals surface area contributed by atoms with Crippen LogP contribution >= 0.6 is 0 Å². The van der Waals surface area contributed by atoms with Crippen molar-refractivity contribution in [3.63, 3.8) is 0 Å². The number of nitrogens with zero attached hydrogens (tertiary/aromatic N) is 2. The van der Waals surface area contributed by atoms with Crippen LogP contribution < -0.4 is 5.43 Å². The van der Waals surface area contributed by atoms with Crippen LogP contribution in [0.3, 0.4) is 0 Å². The van der Waals surface area contributed by atoms with Crippen LogP contribution in [0.1, 0.15) is 33.7 Å². The zero-order chi connectivity index (χ0) is 16.6. The summed E-state index contributed by atoms with van der Waals surface area (Å²) in [7, 11) is 0. The molecule has 1 aromatic heterocycles. The van der Waals surface area contributed by atoms with Crippen molar-refractivity contribution in [1.29, 1.82) is 0 Å². The summed E-state index contributed by atoms with van der Waals surface area (Å²) in [5, 5.41) is 19.0. The lowest BCUT2D eigenvalue weighted by atomic mass is 9.99. The SMILES string of the molecule is O=C(O)c1cn2c(c(O)c1=O)C(=O)N(CC1CCOCC1)CC2. The summed E-state index contributed by atoms with van der Waals surface area (Å²) in [6.45, 7) is 2.67. The van der Waals surface area contributed by atoms with Gasteiger partial charge in [0, 0.05) is 39.0 Å². The largest absolute Gasteiger partial charge is 0.503 e. The van der Waals surface area contributed by atoms with E-state index in [0.717, 1.165) is 19.0 Å². The monoisotopic (exact) mass is 322 g/mol. The van der Waals surface area contributed by atoms with Crippen LogP contribution in [0.2, 0.25) is 0 Å². The van der Waals surface area contributed by atoms with E-state index in [1.807, 2.05) is 0 Å². The first-order valence-corrected chi connectivity index (χ1v) is 7.55. The molecule has 0 atom stereocenters. The van der Waals surface area contributed by atoms with E-state index in [0.29, 0.717) is 38.8 Å². The number of aromatic hydroxyl groups is 1. The van der Waals surface area contributed by atoms with E-state index in [-0.39, 0.29) is 5.69 Å². The van der Waals surface area contributed by atoms with Gasteiger partial charge in [0.1, 0.15) is 5.56 Å². The van der Waals surface area contributed by atoms with Gasteiger partial charge in [0.15, 0.2) is 11.4 Å². The highest BCUT2D eigenvalue weighted by Gasteiger charge is 2.32. The minimum Gasteiger partial charge on any atom is -0.503 e. The van der Waals surface area contributed by atoms with Crippen molar-refractivity contribution in [2.24, 2.45) is 5.92 Å². The van der Waals surface area contributed by atoms with Gasteiger partial charge in [-0.15, -0.1) is 0 Å². The summed E-state index contributed by atoms with van der Waals surface area (Å²) in [6, 6.07) is 0. The van der Waals surface area contributed by atoms with Gasteiger partial charge in [-0.25, -0.2) is 4.79 Å². The number of pyridine rings is 1. The van der Waals surface area contributed by atoms with Crippen LogP contribution in [0.15, 0.2) is 11.0 Å². The van der Waals surface area contributed by atoms with E-state index in [1.165, 1.54) is 4.57 Å². The predicted molar refractivity (Wildman–Crippen MR) is 78.8 cm³/mol. The Morgan fingerprint density at radius 2 is 1.96 bits per heavy atom. The van der Waals surface area contributed by atoms with Crippen LogP contribution in [0.4, 0.5) is 0 Å². The zero-order valence-corrected chi connectivity index (χ0v) is 12.5. The molecule has 0 unspecified atom stereocenters. The molecule has 8 heteroatoms. The van der Waals surface area contributed by atoms with Crippen molar-refractivity contribution in [1.82, 2.24) is 9.47 Å². The highest BCUT2D eigenvalue weighted by molar-refractivity contribution is 5.97.